The van der Waals surface area contributed by atoms with E-state index in [0.717, 1.165) is 24.7 Å². The molecule has 2 atom stereocenters. The second-order valence-electron chi connectivity index (χ2n) is 4.31. The van der Waals surface area contributed by atoms with Gasteiger partial charge in [0.2, 0.25) is 0 Å². The maximum atomic E-state index is 12.6. The zero-order valence-corrected chi connectivity index (χ0v) is 10.9. The molecule has 0 aromatic carbocycles. The third kappa shape index (κ3) is 8.81. The van der Waals surface area contributed by atoms with Crippen molar-refractivity contribution in [2.45, 2.75) is 58.2 Å². The Morgan fingerprint density at radius 1 is 1.41 bits per heavy atom. The number of carbonyl (C=O) groups is 1. The lowest BCUT2D eigenvalue weighted by Gasteiger charge is -2.13. The summed E-state index contributed by atoms with van der Waals surface area (Å²) < 4.78 is 12.6. The fourth-order valence-electron chi connectivity index (χ4n) is 1.44. The molecule has 98 valence electrons. The van der Waals surface area contributed by atoms with Gasteiger partial charge in [-0.2, -0.15) is 0 Å². The number of allylic oxidation sites excluding steroid dienone is 2. The van der Waals surface area contributed by atoms with E-state index < -0.39 is 12.2 Å². The molecule has 2 nitrogen and oxygen atoms in total. The first-order valence-electron chi connectivity index (χ1n) is 6.31. The molecule has 0 saturated heterocycles. The lowest BCUT2D eigenvalue weighted by molar-refractivity contribution is -0.107. The highest BCUT2D eigenvalue weighted by Crippen LogP contribution is 2.11. The van der Waals surface area contributed by atoms with Crippen molar-refractivity contribution >= 4 is 6.29 Å². The van der Waals surface area contributed by atoms with E-state index in [0.29, 0.717) is 0 Å². The molecule has 0 aromatic heterocycles. The van der Waals surface area contributed by atoms with Crippen LogP contribution in [0.4, 0.5) is 4.39 Å². The van der Waals surface area contributed by atoms with E-state index in [4.69, 9.17) is 5.73 Å². The number of nitrogens with two attached hydrogens (primary N) is 1. The second-order valence-corrected chi connectivity index (χ2v) is 4.31. The van der Waals surface area contributed by atoms with Crippen LogP contribution in [0.25, 0.3) is 0 Å². The number of alkyl halides is 1. The standard InChI is InChI=1S/C7H10FN.C7H14O/c1-5-2-3-7(9)6(8)4-5;1-2-3-4-5-6-7-8/h2-4,6-7H,9H2,1H3;7H,2-6H2,1H3. The predicted octanol–water partition coefficient (Wildman–Crippen LogP) is 3.32. The molecule has 0 aliphatic heterocycles. The average molecular weight is 241 g/mol. The molecule has 0 radical (unpaired) electrons. The lowest BCUT2D eigenvalue weighted by atomic mass is 10.0. The number of rotatable bonds is 5. The molecule has 1 aliphatic rings. The van der Waals surface area contributed by atoms with E-state index >= 15 is 0 Å². The van der Waals surface area contributed by atoms with Crippen LogP contribution in [0.5, 0.6) is 0 Å². The normalized spacial score (nSPS) is 22.5. The third-order valence-electron chi connectivity index (χ3n) is 2.55. The molecular weight excluding hydrogens is 217 g/mol. The molecule has 1 rings (SSSR count). The van der Waals surface area contributed by atoms with Crippen LogP contribution < -0.4 is 5.73 Å². The molecule has 0 heterocycles. The smallest absolute Gasteiger partial charge is 0.137 e. The number of carbonyl (C=O) groups excluding carboxylic acids is 1. The molecule has 2 unspecified atom stereocenters. The van der Waals surface area contributed by atoms with Crippen molar-refractivity contribution < 1.29 is 9.18 Å². The molecular formula is C14H24FNO. The molecule has 0 saturated carbocycles. The van der Waals surface area contributed by atoms with E-state index in [1.54, 1.807) is 6.08 Å². The number of hydrogen-bond acceptors (Lipinski definition) is 2. The molecule has 1 aliphatic carbocycles. The summed E-state index contributed by atoms with van der Waals surface area (Å²) in [5, 5.41) is 0. The van der Waals surface area contributed by atoms with Crippen LogP contribution in [0.15, 0.2) is 23.8 Å². The maximum Gasteiger partial charge on any atom is 0.137 e. The first kappa shape index (κ1) is 16.0. The minimum Gasteiger partial charge on any atom is -0.322 e. The van der Waals surface area contributed by atoms with E-state index in [2.05, 4.69) is 6.92 Å². The molecule has 0 aromatic rings. The second kappa shape index (κ2) is 10.2. The molecule has 0 bridgehead atoms. The minimum absolute atomic E-state index is 0.436. The number of halogens is 1. The van der Waals surface area contributed by atoms with Gasteiger partial charge in [0, 0.05) is 6.42 Å². The van der Waals surface area contributed by atoms with Crippen molar-refractivity contribution in [3.8, 4) is 0 Å². The van der Waals surface area contributed by atoms with Crippen molar-refractivity contribution in [2.75, 3.05) is 0 Å². The van der Waals surface area contributed by atoms with Gasteiger partial charge >= 0.3 is 0 Å². The number of hydrogen-bond donors (Lipinski definition) is 1. The van der Waals surface area contributed by atoms with Crippen molar-refractivity contribution in [3.05, 3.63) is 23.8 Å². The van der Waals surface area contributed by atoms with Gasteiger partial charge in [0.1, 0.15) is 12.5 Å². The first-order chi connectivity index (χ1) is 8.11. The van der Waals surface area contributed by atoms with Gasteiger partial charge in [-0.1, -0.05) is 43.9 Å². The quantitative estimate of drug-likeness (QED) is 0.592. The van der Waals surface area contributed by atoms with Gasteiger partial charge in [-0.3, -0.25) is 0 Å². The Morgan fingerprint density at radius 2 is 2.12 bits per heavy atom. The highest BCUT2D eigenvalue weighted by atomic mass is 19.1. The summed E-state index contributed by atoms with van der Waals surface area (Å²) in [4.78, 5) is 9.77. The van der Waals surface area contributed by atoms with Crippen LogP contribution in [-0.4, -0.2) is 18.5 Å². The van der Waals surface area contributed by atoms with Crippen LogP contribution in [0, 0.1) is 0 Å². The summed E-state index contributed by atoms with van der Waals surface area (Å²) in [6.07, 6.45) is 10.6. The van der Waals surface area contributed by atoms with E-state index in [1.807, 2.05) is 13.0 Å². The van der Waals surface area contributed by atoms with Crippen molar-refractivity contribution in [3.63, 3.8) is 0 Å². The maximum absolute atomic E-state index is 12.6. The van der Waals surface area contributed by atoms with E-state index in [9.17, 15) is 9.18 Å². The van der Waals surface area contributed by atoms with Crippen molar-refractivity contribution in [1.82, 2.24) is 0 Å². The highest BCUT2D eigenvalue weighted by molar-refractivity contribution is 5.48. The number of unbranched alkanes of at least 4 members (excludes halogenated alkanes) is 4. The molecule has 0 amide bonds. The van der Waals surface area contributed by atoms with Crippen LogP contribution in [0.2, 0.25) is 0 Å². The molecule has 0 fully saturated rings. The third-order valence-corrected chi connectivity index (χ3v) is 2.55. The SMILES string of the molecule is CC1=CC(F)C(N)C=C1.CCCCCCC=O. The Kier molecular flexibility index (Phi) is 9.63. The molecule has 0 spiro atoms. The fourth-order valence-corrected chi connectivity index (χ4v) is 1.44. The average Bonchev–Trinajstić information content (AvgIpc) is 2.31. The van der Waals surface area contributed by atoms with Crippen LogP contribution in [0.1, 0.15) is 46.0 Å². The van der Waals surface area contributed by atoms with Crippen LogP contribution >= 0.6 is 0 Å². The van der Waals surface area contributed by atoms with Crippen molar-refractivity contribution in [1.29, 1.82) is 0 Å². The largest absolute Gasteiger partial charge is 0.322 e. The summed E-state index contributed by atoms with van der Waals surface area (Å²) in [6.45, 7) is 4.02. The highest BCUT2D eigenvalue weighted by Gasteiger charge is 2.13. The Bertz CT molecular complexity index is 261. The van der Waals surface area contributed by atoms with Crippen molar-refractivity contribution in [2.24, 2.45) is 5.73 Å². The van der Waals surface area contributed by atoms with Crippen LogP contribution in [-0.2, 0) is 4.79 Å². The summed E-state index contributed by atoms with van der Waals surface area (Å²) in [5.41, 5.74) is 6.28. The minimum atomic E-state index is -0.991. The van der Waals surface area contributed by atoms with Gasteiger partial charge < -0.3 is 10.5 Å². The summed E-state index contributed by atoms with van der Waals surface area (Å²) in [6, 6.07) is -0.436. The summed E-state index contributed by atoms with van der Waals surface area (Å²) in [5.74, 6) is 0. The van der Waals surface area contributed by atoms with Crippen LogP contribution in [0.3, 0.4) is 0 Å². The van der Waals surface area contributed by atoms with Gasteiger partial charge in [0.25, 0.3) is 0 Å². The number of aldehydes is 1. The Balaban J connectivity index is 0.000000304. The van der Waals surface area contributed by atoms with E-state index in [1.165, 1.54) is 25.3 Å². The molecule has 2 N–H and O–H groups in total. The van der Waals surface area contributed by atoms with Gasteiger partial charge in [-0.25, -0.2) is 4.39 Å². The van der Waals surface area contributed by atoms with Gasteiger partial charge in [-0.05, 0) is 19.4 Å². The summed E-state index contributed by atoms with van der Waals surface area (Å²) >= 11 is 0. The van der Waals surface area contributed by atoms with E-state index in [-0.39, 0.29) is 0 Å². The van der Waals surface area contributed by atoms with Gasteiger partial charge in [0.15, 0.2) is 0 Å². The zero-order chi connectivity index (χ0) is 13.1. The first-order valence-corrected chi connectivity index (χ1v) is 6.31. The monoisotopic (exact) mass is 241 g/mol. The lowest BCUT2D eigenvalue weighted by Crippen LogP contribution is -2.29. The topological polar surface area (TPSA) is 43.1 Å². The predicted molar refractivity (Wildman–Crippen MR) is 70.6 cm³/mol. The Hall–Kier alpha value is -0.960. The van der Waals surface area contributed by atoms with Gasteiger partial charge in [-0.15, -0.1) is 0 Å². The zero-order valence-electron chi connectivity index (χ0n) is 10.9. The summed E-state index contributed by atoms with van der Waals surface area (Å²) in [7, 11) is 0. The molecule has 3 heteroatoms. The van der Waals surface area contributed by atoms with Gasteiger partial charge in [0.05, 0.1) is 6.04 Å². The Labute approximate surface area is 104 Å². The molecule has 17 heavy (non-hydrogen) atoms. The fraction of sp³-hybridized carbons (Fsp3) is 0.643. The Morgan fingerprint density at radius 3 is 2.59 bits per heavy atom.